The van der Waals surface area contributed by atoms with Gasteiger partial charge in [-0.1, -0.05) is 66.4 Å². The summed E-state index contributed by atoms with van der Waals surface area (Å²) in [5.74, 6) is 6.31. The van der Waals surface area contributed by atoms with E-state index in [9.17, 15) is 4.79 Å². The van der Waals surface area contributed by atoms with Gasteiger partial charge in [0.1, 0.15) is 0 Å². The van der Waals surface area contributed by atoms with E-state index in [-0.39, 0.29) is 6.03 Å². The molecule has 30 heavy (non-hydrogen) atoms. The molecule has 0 saturated heterocycles. The zero-order valence-electron chi connectivity index (χ0n) is 17.5. The summed E-state index contributed by atoms with van der Waals surface area (Å²) in [6.07, 6.45) is 0. The fourth-order valence-electron chi connectivity index (χ4n) is 2.92. The Balaban J connectivity index is 1.70. The quantitative estimate of drug-likeness (QED) is 0.613. The first-order chi connectivity index (χ1) is 14.6. The smallest absolute Gasteiger partial charge is 0.319 e. The summed E-state index contributed by atoms with van der Waals surface area (Å²) in [5, 5.41) is 3.03. The van der Waals surface area contributed by atoms with Gasteiger partial charge >= 0.3 is 6.03 Å². The van der Waals surface area contributed by atoms with Gasteiger partial charge < -0.3 is 15.1 Å². The number of hydrogen-bond acceptors (Lipinski definition) is 2. The number of nitrogens with one attached hydrogen (secondary N) is 1. The SMILES string of the molecule is CN(C)CCN(Cc1ccccc1)C(=O)Nc1cccc(C#Cc2ccccc2)c1. The number of benzene rings is 3. The zero-order valence-corrected chi connectivity index (χ0v) is 17.5. The molecule has 3 aromatic carbocycles. The van der Waals surface area contributed by atoms with Crippen LogP contribution in [0.15, 0.2) is 84.9 Å². The van der Waals surface area contributed by atoms with Gasteiger partial charge in [0.15, 0.2) is 0 Å². The third kappa shape index (κ3) is 6.80. The number of carbonyl (C=O) groups excluding carboxylic acids is 1. The number of amides is 2. The van der Waals surface area contributed by atoms with Gasteiger partial charge in [-0.3, -0.25) is 0 Å². The minimum Gasteiger partial charge on any atom is -0.319 e. The average Bonchev–Trinajstić information content (AvgIpc) is 2.76. The zero-order chi connectivity index (χ0) is 21.2. The van der Waals surface area contributed by atoms with Crippen LogP contribution in [0.4, 0.5) is 10.5 Å². The van der Waals surface area contributed by atoms with Crippen molar-refractivity contribution < 1.29 is 4.79 Å². The van der Waals surface area contributed by atoms with Crippen molar-refractivity contribution in [3.05, 3.63) is 102 Å². The fraction of sp³-hybridized carbons (Fsp3) is 0.192. The van der Waals surface area contributed by atoms with Crippen molar-refractivity contribution in [2.75, 3.05) is 32.5 Å². The highest BCUT2D eigenvalue weighted by Gasteiger charge is 2.14. The largest absolute Gasteiger partial charge is 0.322 e. The molecule has 0 atom stereocenters. The first kappa shape index (κ1) is 21.2. The summed E-state index contributed by atoms with van der Waals surface area (Å²) in [7, 11) is 4.01. The lowest BCUT2D eigenvalue weighted by Gasteiger charge is -2.25. The topological polar surface area (TPSA) is 35.6 Å². The molecule has 0 bridgehead atoms. The molecule has 0 aromatic heterocycles. The van der Waals surface area contributed by atoms with Crippen LogP contribution >= 0.6 is 0 Å². The Morgan fingerprint density at radius 3 is 2.13 bits per heavy atom. The highest BCUT2D eigenvalue weighted by atomic mass is 16.2. The van der Waals surface area contributed by atoms with Crippen LogP contribution in [0.2, 0.25) is 0 Å². The van der Waals surface area contributed by atoms with Gasteiger partial charge in [-0.2, -0.15) is 0 Å². The molecule has 0 aliphatic carbocycles. The molecule has 0 heterocycles. The van der Waals surface area contributed by atoms with Gasteiger partial charge in [-0.15, -0.1) is 0 Å². The summed E-state index contributed by atoms with van der Waals surface area (Å²) >= 11 is 0. The van der Waals surface area contributed by atoms with Crippen molar-refractivity contribution in [2.24, 2.45) is 0 Å². The Bertz CT molecular complexity index is 1000. The lowest BCUT2D eigenvalue weighted by Crippen LogP contribution is -2.39. The van der Waals surface area contributed by atoms with Crippen molar-refractivity contribution in [1.82, 2.24) is 9.80 Å². The Labute approximate surface area is 179 Å². The molecule has 0 spiro atoms. The molecule has 4 heteroatoms. The lowest BCUT2D eigenvalue weighted by molar-refractivity contribution is 0.202. The van der Waals surface area contributed by atoms with Crippen LogP contribution in [0.25, 0.3) is 0 Å². The van der Waals surface area contributed by atoms with Crippen LogP contribution in [-0.2, 0) is 6.54 Å². The fourth-order valence-corrected chi connectivity index (χ4v) is 2.92. The molecule has 0 radical (unpaired) electrons. The van der Waals surface area contributed by atoms with Gasteiger partial charge in [0.2, 0.25) is 0 Å². The first-order valence-corrected chi connectivity index (χ1v) is 10.0. The second-order valence-electron chi connectivity index (χ2n) is 7.34. The van der Waals surface area contributed by atoms with Gasteiger partial charge in [0.05, 0.1) is 0 Å². The van der Waals surface area contributed by atoms with E-state index >= 15 is 0 Å². The minimum atomic E-state index is -0.117. The molecule has 2 amide bonds. The van der Waals surface area contributed by atoms with E-state index in [0.29, 0.717) is 13.1 Å². The standard InChI is InChI=1S/C26H27N3O/c1-28(2)18-19-29(21-24-12-7-4-8-13-24)26(30)27-25-15-9-14-23(20-25)17-16-22-10-5-3-6-11-22/h3-15,20H,18-19,21H2,1-2H3,(H,27,30). The van der Waals surface area contributed by atoms with Crippen LogP contribution in [0.3, 0.4) is 0 Å². The summed E-state index contributed by atoms with van der Waals surface area (Å²) in [6, 6.07) is 27.4. The molecule has 0 fully saturated rings. The number of likely N-dealkylation sites (N-methyl/N-ethyl adjacent to an activating group) is 1. The van der Waals surface area contributed by atoms with Crippen molar-refractivity contribution in [3.8, 4) is 11.8 Å². The van der Waals surface area contributed by atoms with E-state index in [0.717, 1.165) is 28.9 Å². The van der Waals surface area contributed by atoms with Gasteiger partial charge in [0.25, 0.3) is 0 Å². The van der Waals surface area contributed by atoms with Crippen molar-refractivity contribution in [1.29, 1.82) is 0 Å². The Morgan fingerprint density at radius 2 is 1.43 bits per heavy atom. The number of urea groups is 1. The van der Waals surface area contributed by atoms with E-state index in [1.54, 1.807) is 0 Å². The Kier molecular flexibility index (Phi) is 7.65. The highest BCUT2D eigenvalue weighted by molar-refractivity contribution is 5.89. The van der Waals surface area contributed by atoms with Gasteiger partial charge in [-0.25, -0.2) is 4.79 Å². The number of anilines is 1. The maximum atomic E-state index is 13.0. The molecule has 4 nitrogen and oxygen atoms in total. The molecule has 1 N–H and O–H groups in total. The Hall–Kier alpha value is -3.55. The van der Waals surface area contributed by atoms with E-state index in [2.05, 4.69) is 22.1 Å². The molecular weight excluding hydrogens is 370 g/mol. The average molecular weight is 398 g/mol. The van der Waals surface area contributed by atoms with Crippen LogP contribution in [-0.4, -0.2) is 43.0 Å². The predicted molar refractivity (Wildman–Crippen MR) is 123 cm³/mol. The molecule has 3 aromatic rings. The third-order valence-electron chi connectivity index (χ3n) is 4.56. The number of hydrogen-bond donors (Lipinski definition) is 1. The molecule has 0 saturated carbocycles. The second-order valence-corrected chi connectivity index (χ2v) is 7.34. The first-order valence-electron chi connectivity index (χ1n) is 10.0. The summed E-state index contributed by atoms with van der Waals surface area (Å²) in [6.45, 7) is 2.00. The third-order valence-corrected chi connectivity index (χ3v) is 4.56. The molecule has 0 aliphatic heterocycles. The van der Waals surface area contributed by atoms with Gasteiger partial charge in [0, 0.05) is 36.4 Å². The van der Waals surface area contributed by atoms with E-state index < -0.39 is 0 Å². The molecule has 3 rings (SSSR count). The van der Waals surface area contributed by atoms with E-state index in [1.807, 2.05) is 104 Å². The maximum absolute atomic E-state index is 13.0. The van der Waals surface area contributed by atoms with Gasteiger partial charge in [-0.05, 0) is 50.0 Å². The van der Waals surface area contributed by atoms with Crippen LogP contribution in [0.5, 0.6) is 0 Å². The summed E-state index contributed by atoms with van der Waals surface area (Å²) < 4.78 is 0. The maximum Gasteiger partial charge on any atom is 0.322 e. The summed E-state index contributed by atoms with van der Waals surface area (Å²) in [5.41, 5.74) is 3.67. The number of nitrogens with zero attached hydrogens (tertiary/aromatic N) is 2. The normalized spacial score (nSPS) is 10.2. The van der Waals surface area contributed by atoms with Crippen molar-refractivity contribution in [2.45, 2.75) is 6.54 Å². The van der Waals surface area contributed by atoms with Crippen molar-refractivity contribution >= 4 is 11.7 Å². The van der Waals surface area contributed by atoms with E-state index in [1.165, 1.54) is 0 Å². The monoisotopic (exact) mass is 397 g/mol. The van der Waals surface area contributed by atoms with E-state index in [4.69, 9.17) is 0 Å². The number of rotatable bonds is 6. The minimum absolute atomic E-state index is 0.117. The van der Waals surface area contributed by atoms with Crippen LogP contribution in [0.1, 0.15) is 16.7 Å². The van der Waals surface area contributed by atoms with Crippen molar-refractivity contribution in [3.63, 3.8) is 0 Å². The van der Waals surface area contributed by atoms with Crippen LogP contribution < -0.4 is 5.32 Å². The predicted octanol–water partition coefficient (Wildman–Crippen LogP) is 4.68. The number of carbonyl (C=O) groups is 1. The second kappa shape index (κ2) is 10.8. The highest BCUT2D eigenvalue weighted by Crippen LogP contribution is 2.13. The molecule has 0 unspecified atom stereocenters. The summed E-state index contributed by atoms with van der Waals surface area (Å²) in [4.78, 5) is 16.9. The molecule has 152 valence electrons. The molecular formula is C26H27N3O. The Morgan fingerprint density at radius 1 is 0.800 bits per heavy atom. The molecule has 0 aliphatic rings. The van der Waals surface area contributed by atoms with Crippen LogP contribution in [0, 0.1) is 11.8 Å². The lowest BCUT2D eigenvalue weighted by atomic mass is 10.1.